The number of halogens is 1. The van der Waals surface area contributed by atoms with E-state index in [1.165, 1.54) is 23.0 Å². The first kappa shape index (κ1) is 13.2. The molecule has 88 valence electrons. The second kappa shape index (κ2) is 6.01. The lowest BCUT2D eigenvalue weighted by Crippen LogP contribution is -2.13. The number of hydrogen-bond donors (Lipinski definition) is 2. The average molecular weight is 259 g/mol. The summed E-state index contributed by atoms with van der Waals surface area (Å²) < 4.78 is 0. The SMILES string of the molecule is CSCC(=O)Nc1ccc2c(c1)CCN2.Cl. The molecule has 1 amide bonds. The Labute approximate surface area is 106 Å². The Morgan fingerprint density at radius 1 is 1.56 bits per heavy atom. The number of benzene rings is 1. The van der Waals surface area contributed by atoms with Crippen LogP contribution < -0.4 is 10.6 Å². The zero-order chi connectivity index (χ0) is 10.7. The number of hydrogen-bond acceptors (Lipinski definition) is 3. The second-order valence-electron chi connectivity index (χ2n) is 3.53. The average Bonchev–Trinajstić information content (AvgIpc) is 2.65. The molecule has 16 heavy (non-hydrogen) atoms. The third-order valence-corrected chi connectivity index (χ3v) is 2.93. The molecule has 0 radical (unpaired) electrons. The standard InChI is InChI=1S/C11H14N2OS.ClH/c1-15-7-11(14)13-9-2-3-10-8(6-9)4-5-12-10;/h2-3,6,12H,4-5,7H2,1H3,(H,13,14);1H. The monoisotopic (exact) mass is 258 g/mol. The van der Waals surface area contributed by atoms with Gasteiger partial charge in [-0.2, -0.15) is 11.8 Å². The quantitative estimate of drug-likeness (QED) is 0.875. The molecular formula is C11H15ClN2OS. The van der Waals surface area contributed by atoms with E-state index in [4.69, 9.17) is 0 Å². The minimum absolute atomic E-state index is 0. The van der Waals surface area contributed by atoms with Crippen LogP contribution in [-0.2, 0) is 11.2 Å². The van der Waals surface area contributed by atoms with Crippen LogP contribution in [0.25, 0.3) is 0 Å². The summed E-state index contributed by atoms with van der Waals surface area (Å²) in [6.45, 7) is 0.998. The summed E-state index contributed by atoms with van der Waals surface area (Å²) in [6, 6.07) is 6.01. The van der Waals surface area contributed by atoms with E-state index in [9.17, 15) is 4.79 Å². The summed E-state index contributed by atoms with van der Waals surface area (Å²) in [4.78, 5) is 11.4. The molecule has 0 aromatic heterocycles. The molecule has 0 atom stereocenters. The fourth-order valence-electron chi connectivity index (χ4n) is 1.71. The number of carbonyl (C=O) groups excluding carboxylic acids is 1. The van der Waals surface area contributed by atoms with Gasteiger partial charge in [0.15, 0.2) is 0 Å². The van der Waals surface area contributed by atoms with Crippen molar-refractivity contribution in [2.75, 3.05) is 29.2 Å². The van der Waals surface area contributed by atoms with E-state index in [0.717, 1.165) is 18.7 Å². The highest BCUT2D eigenvalue weighted by Crippen LogP contribution is 2.25. The van der Waals surface area contributed by atoms with Crippen LogP contribution in [0.1, 0.15) is 5.56 Å². The summed E-state index contributed by atoms with van der Waals surface area (Å²) in [6.07, 6.45) is 2.97. The van der Waals surface area contributed by atoms with Crippen LogP contribution in [0, 0.1) is 0 Å². The van der Waals surface area contributed by atoms with Crippen LogP contribution in [0.4, 0.5) is 11.4 Å². The topological polar surface area (TPSA) is 41.1 Å². The van der Waals surface area contributed by atoms with Crippen LogP contribution in [0.15, 0.2) is 18.2 Å². The molecule has 2 N–H and O–H groups in total. The van der Waals surface area contributed by atoms with Crippen molar-refractivity contribution >= 4 is 41.5 Å². The molecule has 0 fully saturated rings. The maximum atomic E-state index is 11.4. The first-order valence-electron chi connectivity index (χ1n) is 4.95. The number of amides is 1. The third-order valence-electron chi connectivity index (χ3n) is 2.37. The summed E-state index contributed by atoms with van der Waals surface area (Å²) in [5.74, 6) is 0.573. The van der Waals surface area contributed by atoms with Gasteiger partial charge in [0, 0.05) is 17.9 Å². The normalized spacial score (nSPS) is 12.3. The highest BCUT2D eigenvalue weighted by atomic mass is 35.5. The lowest BCUT2D eigenvalue weighted by Gasteiger charge is -2.06. The molecule has 1 aliphatic rings. The Balaban J connectivity index is 0.00000128. The van der Waals surface area contributed by atoms with E-state index in [-0.39, 0.29) is 18.3 Å². The molecule has 1 heterocycles. The van der Waals surface area contributed by atoms with Crippen molar-refractivity contribution in [2.24, 2.45) is 0 Å². The van der Waals surface area contributed by atoms with Crippen LogP contribution in [-0.4, -0.2) is 24.5 Å². The predicted molar refractivity (Wildman–Crippen MR) is 72.9 cm³/mol. The van der Waals surface area contributed by atoms with E-state index < -0.39 is 0 Å². The minimum atomic E-state index is 0. The molecule has 0 unspecified atom stereocenters. The van der Waals surface area contributed by atoms with Crippen molar-refractivity contribution in [1.29, 1.82) is 0 Å². The summed E-state index contributed by atoms with van der Waals surface area (Å²) in [5.41, 5.74) is 3.38. The Morgan fingerprint density at radius 2 is 2.38 bits per heavy atom. The Bertz CT molecular complexity index is 384. The maximum absolute atomic E-state index is 11.4. The Hall–Kier alpha value is -0.870. The van der Waals surface area contributed by atoms with Gasteiger partial charge in [-0.05, 0) is 36.4 Å². The number of nitrogens with one attached hydrogen (secondary N) is 2. The highest BCUT2D eigenvalue weighted by Gasteiger charge is 2.10. The predicted octanol–water partition coefficient (Wildman–Crippen LogP) is 2.38. The van der Waals surface area contributed by atoms with Gasteiger partial charge in [-0.1, -0.05) is 0 Å². The van der Waals surface area contributed by atoms with Crippen LogP contribution in [0.2, 0.25) is 0 Å². The highest BCUT2D eigenvalue weighted by molar-refractivity contribution is 7.99. The van der Waals surface area contributed by atoms with Gasteiger partial charge >= 0.3 is 0 Å². The Morgan fingerprint density at radius 3 is 3.12 bits per heavy atom. The molecule has 5 heteroatoms. The first-order chi connectivity index (χ1) is 7.29. The maximum Gasteiger partial charge on any atom is 0.234 e. The number of anilines is 2. The minimum Gasteiger partial charge on any atom is -0.384 e. The van der Waals surface area contributed by atoms with Crippen LogP contribution >= 0.6 is 24.2 Å². The van der Waals surface area contributed by atoms with E-state index in [2.05, 4.69) is 10.6 Å². The van der Waals surface area contributed by atoms with Gasteiger partial charge in [-0.3, -0.25) is 4.79 Å². The molecule has 3 nitrogen and oxygen atoms in total. The van der Waals surface area contributed by atoms with Gasteiger partial charge in [0.1, 0.15) is 0 Å². The van der Waals surface area contributed by atoms with E-state index in [0.29, 0.717) is 5.75 Å². The summed E-state index contributed by atoms with van der Waals surface area (Å²) in [5, 5.41) is 6.17. The molecule has 1 aliphatic heterocycles. The van der Waals surface area contributed by atoms with Gasteiger partial charge in [0.05, 0.1) is 5.75 Å². The van der Waals surface area contributed by atoms with Crippen molar-refractivity contribution < 1.29 is 4.79 Å². The molecule has 0 bridgehead atoms. The van der Waals surface area contributed by atoms with Crippen molar-refractivity contribution in [3.8, 4) is 0 Å². The van der Waals surface area contributed by atoms with Gasteiger partial charge < -0.3 is 10.6 Å². The summed E-state index contributed by atoms with van der Waals surface area (Å²) >= 11 is 1.53. The van der Waals surface area contributed by atoms with Crippen LogP contribution in [0.5, 0.6) is 0 Å². The molecule has 0 saturated carbocycles. The fourth-order valence-corrected chi connectivity index (χ4v) is 2.05. The molecule has 0 saturated heterocycles. The lowest BCUT2D eigenvalue weighted by atomic mass is 10.1. The second-order valence-corrected chi connectivity index (χ2v) is 4.40. The molecule has 1 aromatic carbocycles. The molecular weight excluding hydrogens is 244 g/mol. The van der Waals surface area contributed by atoms with Gasteiger partial charge in [0.2, 0.25) is 5.91 Å². The molecule has 0 spiro atoms. The molecule has 1 aromatic rings. The fraction of sp³-hybridized carbons (Fsp3) is 0.364. The van der Waals surface area contributed by atoms with Gasteiger partial charge in [0.25, 0.3) is 0 Å². The number of carbonyl (C=O) groups is 1. The van der Waals surface area contributed by atoms with E-state index in [1.807, 2.05) is 24.5 Å². The van der Waals surface area contributed by atoms with E-state index in [1.54, 1.807) is 0 Å². The molecule has 0 aliphatic carbocycles. The lowest BCUT2D eigenvalue weighted by molar-refractivity contribution is -0.113. The molecule has 2 rings (SSSR count). The number of rotatable bonds is 3. The van der Waals surface area contributed by atoms with Gasteiger partial charge in [-0.15, -0.1) is 12.4 Å². The zero-order valence-electron chi connectivity index (χ0n) is 9.08. The number of thioether (sulfide) groups is 1. The zero-order valence-corrected chi connectivity index (χ0v) is 10.7. The van der Waals surface area contributed by atoms with Crippen molar-refractivity contribution in [3.05, 3.63) is 23.8 Å². The van der Waals surface area contributed by atoms with Crippen molar-refractivity contribution in [2.45, 2.75) is 6.42 Å². The summed E-state index contributed by atoms with van der Waals surface area (Å²) in [7, 11) is 0. The van der Waals surface area contributed by atoms with Crippen LogP contribution in [0.3, 0.4) is 0 Å². The Kier molecular flexibility index (Phi) is 4.96. The largest absolute Gasteiger partial charge is 0.384 e. The van der Waals surface area contributed by atoms with Gasteiger partial charge in [-0.25, -0.2) is 0 Å². The number of fused-ring (bicyclic) bond motifs is 1. The van der Waals surface area contributed by atoms with E-state index >= 15 is 0 Å². The smallest absolute Gasteiger partial charge is 0.234 e. The van der Waals surface area contributed by atoms with Crippen molar-refractivity contribution in [1.82, 2.24) is 0 Å². The first-order valence-corrected chi connectivity index (χ1v) is 6.34. The van der Waals surface area contributed by atoms with Crippen molar-refractivity contribution in [3.63, 3.8) is 0 Å². The third kappa shape index (κ3) is 3.06.